The second-order valence-electron chi connectivity index (χ2n) is 6.36. The second-order valence-corrected chi connectivity index (χ2v) is 15.3. The quantitative estimate of drug-likeness (QED) is 0.407. The summed E-state index contributed by atoms with van der Waals surface area (Å²) in [5, 5.41) is 0. The summed E-state index contributed by atoms with van der Waals surface area (Å²) in [5.74, 6) is 0. The van der Waals surface area contributed by atoms with Crippen LogP contribution in [0.15, 0.2) is 120 Å². The Labute approximate surface area is 166 Å². The molecule has 0 atom stereocenters. The molecule has 0 aliphatic heterocycles. The van der Waals surface area contributed by atoms with E-state index in [1.54, 1.807) is 0 Å². The zero-order valence-electron chi connectivity index (χ0n) is 14.3. The van der Waals surface area contributed by atoms with Gasteiger partial charge in [-0.05, 0) is 0 Å². The molecule has 0 aliphatic carbocycles. The molecule has 0 spiro atoms. The van der Waals surface area contributed by atoms with Crippen LogP contribution < -0.4 is 17.6 Å². The average Bonchev–Trinajstić information content (AvgIpc) is 2.71. The molecule has 126 valence electrons. The molecule has 0 unspecified atom stereocenters. The first-order chi connectivity index (χ1) is 12.8. The zero-order chi connectivity index (χ0) is 17.8. The van der Waals surface area contributed by atoms with Gasteiger partial charge in [-0.1, -0.05) is 0 Å². The van der Waals surface area contributed by atoms with Gasteiger partial charge in [0.1, 0.15) is 0 Å². The summed E-state index contributed by atoms with van der Waals surface area (Å²) < 4.78 is 6.91. The first-order valence-electron chi connectivity index (χ1n) is 8.74. The van der Waals surface area contributed by atoms with Crippen molar-refractivity contribution in [3.8, 4) is 0 Å². The Balaban J connectivity index is 2.14. The Kier molecular flexibility index (Phi) is 5.10. The van der Waals surface area contributed by atoms with Crippen molar-refractivity contribution in [2.75, 3.05) is 0 Å². The Morgan fingerprint density at radius 3 is 1.19 bits per heavy atom. The van der Waals surface area contributed by atoms with Crippen LogP contribution in [0.25, 0.3) is 0 Å². The van der Waals surface area contributed by atoms with Crippen LogP contribution in [0.1, 0.15) is 0 Å². The number of benzene rings is 4. The molecule has 4 rings (SSSR count). The molecule has 0 nitrogen and oxygen atoms in total. The van der Waals surface area contributed by atoms with Gasteiger partial charge in [0.15, 0.2) is 0 Å². The van der Waals surface area contributed by atoms with Crippen molar-refractivity contribution in [3.63, 3.8) is 0 Å². The molecule has 0 saturated carbocycles. The third kappa shape index (κ3) is 3.06. The molecule has 26 heavy (non-hydrogen) atoms. The number of hydrogen-bond acceptors (Lipinski definition) is 0. The Morgan fingerprint density at radius 1 is 0.423 bits per heavy atom. The second kappa shape index (κ2) is 7.65. The van der Waals surface area contributed by atoms with Crippen molar-refractivity contribution in [3.05, 3.63) is 120 Å². The van der Waals surface area contributed by atoms with Gasteiger partial charge in [-0.25, -0.2) is 0 Å². The molecule has 2 heteroatoms. The third-order valence-corrected chi connectivity index (χ3v) is 15.4. The van der Waals surface area contributed by atoms with Crippen LogP contribution in [0.3, 0.4) is 0 Å². The fourth-order valence-corrected chi connectivity index (χ4v) is 14.7. The number of hydrogen-bond donors (Lipinski definition) is 0. The number of halogens is 1. The van der Waals surface area contributed by atoms with E-state index in [0.29, 0.717) is 0 Å². The van der Waals surface area contributed by atoms with Gasteiger partial charge in [-0.3, -0.25) is 0 Å². The molecule has 4 aromatic rings. The van der Waals surface area contributed by atoms with Gasteiger partial charge in [-0.2, -0.15) is 0 Å². The van der Waals surface area contributed by atoms with E-state index in [2.05, 4.69) is 131 Å². The molecule has 0 radical (unpaired) electrons. The molecule has 0 fully saturated rings. The Hall–Kier alpha value is -2.10. The van der Waals surface area contributed by atoms with Gasteiger partial charge in [0.05, 0.1) is 0 Å². The summed E-state index contributed by atoms with van der Waals surface area (Å²) in [5.41, 5.74) is 0. The summed E-state index contributed by atoms with van der Waals surface area (Å²) >= 11 is 0.643. The molecule has 0 bridgehead atoms. The van der Waals surface area contributed by atoms with Gasteiger partial charge >= 0.3 is 167 Å². The molecule has 0 heterocycles. The van der Waals surface area contributed by atoms with Gasteiger partial charge in [0.25, 0.3) is 0 Å². The van der Waals surface area contributed by atoms with E-state index in [4.69, 9.17) is 0 Å². The fraction of sp³-hybridized carbons (Fsp3) is 0. The first kappa shape index (κ1) is 17.3. The summed E-state index contributed by atoms with van der Waals surface area (Å²) in [6, 6.07) is 42.0. The van der Waals surface area contributed by atoms with E-state index in [1.807, 2.05) is 0 Å². The zero-order valence-corrected chi connectivity index (χ0v) is 18.0. The summed E-state index contributed by atoms with van der Waals surface area (Å²) in [4.78, 5) is 0. The van der Waals surface area contributed by atoms with Crippen molar-refractivity contribution in [2.45, 2.75) is 0 Å². The molecule has 0 aliphatic rings. The molecule has 0 amide bonds. The van der Waals surface area contributed by atoms with Crippen molar-refractivity contribution in [1.82, 2.24) is 0 Å². The van der Waals surface area contributed by atoms with Gasteiger partial charge in [0.2, 0.25) is 0 Å². The maximum atomic E-state index is 3.70. The predicted molar refractivity (Wildman–Crippen MR) is 118 cm³/mol. The molecular weight excluding hydrogens is 441 g/mol. The summed E-state index contributed by atoms with van der Waals surface area (Å²) in [7, 11) is 0. The predicted octanol–water partition coefficient (Wildman–Crippen LogP) is 3.83. The van der Waals surface area contributed by atoms with Crippen LogP contribution in [0.4, 0.5) is 0 Å². The standard InChI is InChI=1S/C24H19BrGe/c25-20-11-10-18-24(19-20)26(21-12-4-1-5-13-21,22-14-6-2-7-15-22)23-16-8-3-9-17-23/h1-19H. The van der Waals surface area contributed by atoms with Gasteiger partial charge < -0.3 is 0 Å². The summed E-state index contributed by atoms with van der Waals surface area (Å²) in [6.07, 6.45) is 0. The van der Waals surface area contributed by atoms with Gasteiger partial charge in [-0.15, -0.1) is 0 Å². The molecule has 0 N–H and O–H groups in total. The molecule has 4 aromatic carbocycles. The molecular formula is C24H19BrGe. The first-order valence-corrected chi connectivity index (χ1v) is 13.7. The topological polar surface area (TPSA) is 0 Å². The van der Waals surface area contributed by atoms with Crippen LogP contribution in [0, 0.1) is 0 Å². The van der Waals surface area contributed by atoms with Crippen LogP contribution >= 0.6 is 15.9 Å². The normalized spacial score (nSPS) is 11.3. The van der Waals surface area contributed by atoms with E-state index in [1.165, 1.54) is 17.6 Å². The average molecular weight is 460 g/mol. The van der Waals surface area contributed by atoms with E-state index < -0.39 is 13.3 Å². The van der Waals surface area contributed by atoms with E-state index in [0.717, 1.165) is 4.47 Å². The van der Waals surface area contributed by atoms with E-state index in [-0.39, 0.29) is 0 Å². The van der Waals surface area contributed by atoms with E-state index >= 15 is 0 Å². The SMILES string of the molecule is Brc1ccc[c]([Ge]([c]2ccccc2)([c]2ccccc2)[c]2ccccc2)c1. The van der Waals surface area contributed by atoms with Crippen molar-refractivity contribution in [1.29, 1.82) is 0 Å². The van der Waals surface area contributed by atoms with Crippen molar-refractivity contribution < 1.29 is 0 Å². The fourth-order valence-electron chi connectivity index (χ4n) is 3.79. The Morgan fingerprint density at radius 2 is 0.808 bits per heavy atom. The van der Waals surface area contributed by atoms with Crippen molar-refractivity contribution >= 4 is 46.8 Å². The minimum absolute atomic E-state index is 1.13. The number of rotatable bonds is 4. The van der Waals surface area contributed by atoms with Gasteiger partial charge in [0, 0.05) is 0 Å². The molecule has 0 saturated heterocycles. The Bertz CT molecular complexity index is 885. The minimum atomic E-state index is -3.06. The van der Waals surface area contributed by atoms with E-state index in [9.17, 15) is 0 Å². The van der Waals surface area contributed by atoms with Crippen molar-refractivity contribution in [2.24, 2.45) is 0 Å². The molecule has 0 aromatic heterocycles. The van der Waals surface area contributed by atoms with Crippen LogP contribution in [-0.4, -0.2) is 13.3 Å². The summed E-state index contributed by atoms with van der Waals surface area (Å²) in [6.45, 7) is 0. The third-order valence-electron chi connectivity index (χ3n) is 4.88. The van der Waals surface area contributed by atoms with Crippen LogP contribution in [0.5, 0.6) is 0 Å². The van der Waals surface area contributed by atoms with Crippen LogP contribution in [0.2, 0.25) is 0 Å². The maximum absolute atomic E-state index is 3.70. The monoisotopic (exact) mass is 460 g/mol. The van der Waals surface area contributed by atoms with Crippen LogP contribution in [-0.2, 0) is 0 Å².